The molecule has 2 aliphatic rings. The number of piperidine rings is 1. The molecule has 6 nitrogen and oxygen atoms in total. The molecule has 0 aliphatic carbocycles. The van der Waals surface area contributed by atoms with E-state index in [1.54, 1.807) is 6.26 Å². The van der Waals surface area contributed by atoms with Crippen molar-refractivity contribution in [3.63, 3.8) is 0 Å². The van der Waals surface area contributed by atoms with Crippen LogP contribution < -0.4 is 5.43 Å². The third-order valence-electron chi connectivity index (χ3n) is 4.51. The molecular formula is C18H27N3O3. The van der Waals surface area contributed by atoms with Crippen molar-refractivity contribution in [1.29, 1.82) is 0 Å². The fourth-order valence-electron chi connectivity index (χ4n) is 3.29. The highest BCUT2D eigenvalue weighted by Crippen LogP contribution is 2.30. The Morgan fingerprint density at radius 2 is 2.04 bits per heavy atom. The zero-order chi connectivity index (χ0) is 17.3. The van der Waals surface area contributed by atoms with Crippen molar-refractivity contribution >= 4 is 11.8 Å². The summed E-state index contributed by atoms with van der Waals surface area (Å²) in [5.41, 5.74) is 4.12. The van der Waals surface area contributed by atoms with Gasteiger partial charge in [0.05, 0.1) is 12.0 Å². The zero-order valence-corrected chi connectivity index (χ0v) is 14.9. The van der Waals surface area contributed by atoms with Crippen molar-refractivity contribution in [2.45, 2.75) is 45.3 Å². The molecule has 1 saturated heterocycles. The molecule has 0 spiro atoms. The van der Waals surface area contributed by atoms with E-state index >= 15 is 0 Å². The molecule has 1 N–H and O–H groups in total. The Kier molecular flexibility index (Phi) is 4.58. The first-order valence-corrected chi connectivity index (χ1v) is 8.57. The van der Waals surface area contributed by atoms with Gasteiger partial charge in [-0.25, -0.2) is 10.2 Å². The largest absolute Gasteiger partial charge is 0.463 e. The Morgan fingerprint density at radius 3 is 2.62 bits per heavy atom. The van der Waals surface area contributed by atoms with E-state index < -0.39 is 5.60 Å². The summed E-state index contributed by atoms with van der Waals surface area (Å²) in [5, 5.41) is 2.02. The maximum atomic E-state index is 12.2. The molecule has 2 aliphatic heterocycles. The van der Waals surface area contributed by atoms with Gasteiger partial charge in [-0.2, -0.15) is 0 Å². The molecule has 3 heterocycles. The van der Waals surface area contributed by atoms with Crippen molar-refractivity contribution in [3.05, 3.63) is 30.2 Å². The number of hydrazine groups is 1. The van der Waals surface area contributed by atoms with E-state index in [4.69, 9.17) is 9.15 Å². The summed E-state index contributed by atoms with van der Waals surface area (Å²) in [6.45, 7) is 7.18. The summed E-state index contributed by atoms with van der Waals surface area (Å²) in [6, 6.07) is 4.14. The van der Waals surface area contributed by atoms with Gasteiger partial charge in [0.15, 0.2) is 5.76 Å². The second kappa shape index (κ2) is 6.51. The number of furan rings is 1. The van der Waals surface area contributed by atoms with Gasteiger partial charge in [-0.05, 0) is 57.7 Å². The first-order valence-electron chi connectivity index (χ1n) is 8.57. The summed E-state index contributed by atoms with van der Waals surface area (Å²) >= 11 is 0. The Morgan fingerprint density at radius 1 is 1.33 bits per heavy atom. The highest BCUT2D eigenvalue weighted by Gasteiger charge is 2.33. The van der Waals surface area contributed by atoms with Gasteiger partial charge in [-0.1, -0.05) is 0 Å². The number of likely N-dealkylation sites (tertiary alicyclic amines) is 1. The van der Waals surface area contributed by atoms with Crippen LogP contribution in [0.2, 0.25) is 0 Å². The van der Waals surface area contributed by atoms with Crippen molar-refractivity contribution in [3.8, 4) is 0 Å². The highest BCUT2D eigenvalue weighted by atomic mass is 16.6. The average Bonchev–Trinajstić information content (AvgIpc) is 3.14. The maximum Gasteiger partial charge on any atom is 0.410 e. The molecular weight excluding hydrogens is 306 g/mol. The number of nitrogens with one attached hydrogen (secondary N) is 1. The van der Waals surface area contributed by atoms with Crippen LogP contribution in [0.3, 0.4) is 0 Å². The smallest absolute Gasteiger partial charge is 0.410 e. The van der Waals surface area contributed by atoms with Crippen molar-refractivity contribution < 1.29 is 13.9 Å². The molecule has 1 fully saturated rings. The van der Waals surface area contributed by atoms with Crippen LogP contribution in [0.1, 0.15) is 39.4 Å². The molecule has 0 aromatic carbocycles. The predicted molar refractivity (Wildman–Crippen MR) is 91.9 cm³/mol. The van der Waals surface area contributed by atoms with E-state index in [1.165, 1.54) is 0 Å². The van der Waals surface area contributed by atoms with Crippen LogP contribution in [0.5, 0.6) is 0 Å². The maximum absolute atomic E-state index is 12.2. The van der Waals surface area contributed by atoms with Crippen molar-refractivity contribution in [2.24, 2.45) is 5.92 Å². The van der Waals surface area contributed by atoms with Crippen LogP contribution in [0, 0.1) is 5.92 Å². The van der Waals surface area contributed by atoms with Gasteiger partial charge in [0.1, 0.15) is 5.60 Å². The van der Waals surface area contributed by atoms with E-state index in [1.807, 2.05) is 49.9 Å². The fraction of sp³-hybridized carbons (Fsp3) is 0.611. The highest BCUT2D eigenvalue weighted by molar-refractivity contribution is 5.68. The molecule has 1 unspecified atom stereocenters. The third kappa shape index (κ3) is 3.75. The molecule has 0 bridgehead atoms. The summed E-state index contributed by atoms with van der Waals surface area (Å²) in [7, 11) is 2.00. The van der Waals surface area contributed by atoms with Gasteiger partial charge in [0.2, 0.25) is 0 Å². The van der Waals surface area contributed by atoms with E-state index in [0.717, 1.165) is 37.4 Å². The molecule has 132 valence electrons. The second-order valence-corrected chi connectivity index (χ2v) is 7.55. The standard InChI is InChI=1S/C18H27N3O3/c1-18(2,3)24-17(22)21-9-7-13(8-10-21)14-12-15(20(4)19-14)16-6-5-11-23-16/h5-6,11-14,19H,7-10H2,1-4H3. The molecule has 0 saturated carbocycles. The molecule has 24 heavy (non-hydrogen) atoms. The van der Waals surface area contributed by atoms with Gasteiger partial charge < -0.3 is 19.1 Å². The van der Waals surface area contributed by atoms with Gasteiger partial charge in [0, 0.05) is 26.2 Å². The van der Waals surface area contributed by atoms with E-state index in [-0.39, 0.29) is 12.1 Å². The first-order chi connectivity index (χ1) is 11.3. The normalized spacial score (nSPS) is 22.7. The SMILES string of the molecule is CN1NC(C2CCN(C(=O)OC(C)(C)C)CC2)C=C1c1ccco1. The van der Waals surface area contributed by atoms with Crippen LogP contribution in [0.25, 0.3) is 5.70 Å². The van der Waals surface area contributed by atoms with Gasteiger partial charge >= 0.3 is 6.09 Å². The summed E-state index contributed by atoms with van der Waals surface area (Å²) in [6.07, 6.45) is 5.65. The molecule has 6 heteroatoms. The lowest BCUT2D eigenvalue weighted by atomic mass is 9.89. The quantitative estimate of drug-likeness (QED) is 0.901. The number of nitrogens with zero attached hydrogens (tertiary/aromatic N) is 2. The molecule has 0 radical (unpaired) electrons. The molecule has 3 rings (SSSR count). The Bertz CT molecular complexity index is 596. The van der Waals surface area contributed by atoms with E-state index in [9.17, 15) is 4.79 Å². The van der Waals surface area contributed by atoms with Crippen molar-refractivity contribution in [2.75, 3.05) is 20.1 Å². The van der Waals surface area contributed by atoms with Crippen LogP contribution in [0.15, 0.2) is 28.9 Å². The molecule has 1 amide bonds. The van der Waals surface area contributed by atoms with E-state index in [0.29, 0.717) is 5.92 Å². The minimum atomic E-state index is -0.440. The van der Waals surface area contributed by atoms with E-state index in [2.05, 4.69) is 11.5 Å². The Balaban J connectivity index is 1.57. The van der Waals surface area contributed by atoms with Gasteiger partial charge in [0.25, 0.3) is 0 Å². The number of carbonyl (C=O) groups excluding carboxylic acids is 1. The fourth-order valence-corrected chi connectivity index (χ4v) is 3.29. The predicted octanol–water partition coefficient (Wildman–Crippen LogP) is 3.09. The number of ether oxygens (including phenoxy) is 1. The average molecular weight is 333 g/mol. The first kappa shape index (κ1) is 16.9. The lowest BCUT2D eigenvalue weighted by Gasteiger charge is -2.35. The number of carbonyl (C=O) groups is 1. The minimum Gasteiger partial charge on any atom is -0.463 e. The number of hydrogen-bond donors (Lipinski definition) is 1. The minimum absolute atomic E-state index is 0.204. The van der Waals surface area contributed by atoms with Crippen LogP contribution in [-0.2, 0) is 4.74 Å². The van der Waals surface area contributed by atoms with Gasteiger partial charge in [-0.3, -0.25) is 0 Å². The zero-order valence-electron chi connectivity index (χ0n) is 14.9. The topological polar surface area (TPSA) is 58.0 Å². The third-order valence-corrected chi connectivity index (χ3v) is 4.51. The van der Waals surface area contributed by atoms with Crippen LogP contribution >= 0.6 is 0 Å². The molecule has 1 aromatic heterocycles. The summed E-state index contributed by atoms with van der Waals surface area (Å²) in [5.74, 6) is 1.37. The lowest BCUT2D eigenvalue weighted by Crippen LogP contribution is -2.46. The Labute approximate surface area is 143 Å². The Hall–Kier alpha value is -1.95. The lowest BCUT2D eigenvalue weighted by molar-refractivity contribution is 0.0171. The summed E-state index contributed by atoms with van der Waals surface area (Å²) in [4.78, 5) is 14.0. The number of amides is 1. The molecule has 1 atom stereocenters. The second-order valence-electron chi connectivity index (χ2n) is 7.55. The van der Waals surface area contributed by atoms with Crippen LogP contribution in [-0.4, -0.2) is 47.8 Å². The van der Waals surface area contributed by atoms with Gasteiger partial charge in [-0.15, -0.1) is 0 Å². The van der Waals surface area contributed by atoms with Crippen molar-refractivity contribution in [1.82, 2.24) is 15.3 Å². The summed E-state index contributed by atoms with van der Waals surface area (Å²) < 4.78 is 11.0. The molecule has 1 aromatic rings. The monoisotopic (exact) mass is 333 g/mol. The number of rotatable bonds is 2. The van der Waals surface area contributed by atoms with Crippen LogP contribution in [0.4, 0.5) is 4.79 Å². The number of hydrogen-bond acceptors (Lipinski definition) is 5.